The predicted octanol–water partition coefficient (Wildman–Crippen LogP) is 4.56. The largest absolute Gasteiger partial charge is 0.377 e. The zero-order valence-corrected chi connectivity index (χ0v) is 15.0. The van der Waals surface area contributed by atoms with E-state index in [-0.39, 0.29) is 11.4 Å². The van der Waals surface area contributed by atoms with Crippen LogP contribution >= 0.6 is 0 Å². The average molecular weight is 377 g/mol. The lowest BCUT2D eigenvalue weighted by Gasteiger charge is -2.32. The fraction of sp³-hybridized carbons (Fsp3) is 0.381. The van der Waals surface area contributed by atoms with Crippen molar-refractivity contribution in [2.24, 2.45) is 5.92 Å². The first-order valence-electron chi connectivity index (χ1n) is 9.09. The fourth-order valence-corrected chi connectivity index (χ4v) is 3.32. The molecule has 1 aliphatic heterocycles. The van der Waals surface area contributed by atoms with Crippen molar-refractivity contribution in [1.82, 2.24) is 4.90 Å². The molecule has 1 saturated heterocycles. The number of carbonyl (C=O) groups excluding carboxylic acids is 1. The van der Waals surface area contributed by atoms with Crippen molar-refractivity contribution in [3.63, 3.8) is 0 Å². The van der Waals surface area contributed by atoms with Crippen molar-refractivity contribution in [1.29, 1.82) is 0 Å². The molecule has 0 saturated carbocycles. The number of rotatable bonds is 6. The topological polar surface area (TPSA) is 29.5 Å². The van der Waals surface area contributed by atoms with Crippen LogP contribution < -0.4 is 0 Å². The van der Waals surface area contributed by atoms with E-state index in [1.807, 2.05) is 6.07 Å². The Morgan fingerprint density at radius 3 is 2.52 bits per heavy atom. The molecule has 0 radical (unpaired) electrons. The molecule has 0 bridgehead atoms. The molecule has 1 heterocycles. The summed E-state index contributed by atoms with van der Waals surface area (Å²) in [5.74, 6) is -1.64. The van der Waals surface area contributed by atoms with E-state index in [0.29, 0.717) is 32.2 Å². The van der Waals surface area contributed by atoms with Crippen molar-refractivity contribution < 1.29 is 22.7 Å². The average Bonchev–Trinajstić information content (AvgIpc) is 2.67. The third kappa shape index (κ3) is 5.32. The van der Waals surface area contributed by atoms with E-state index in [0.717, 1.165) is 43.0 Å². The molecule has 0 N–H and O–H groups in total. The van der Waals surface area contributed by atoms with Gasteiger partial charge in [-0.05, 0) is 61.1 Å². The van der Waals surface area contributed by atoms with Gasteiger partial charge in [-0.3, -0.25) is 4.79 Å². The van der Waals surface area contributed by atoms with E-state index in [2.05, 4.69) is 0 Å². The van der Waals surface area contributed by atoms with Crippen LogP contribution in [0.4, 0.5) is 13.2 Å². The Balaban J connectivity index is 1.41. The lowest BCUT2D eigenvalue weighted by Crippen LogP contribution is -2.39. The lowest BCUT2D eigenvalue weighted by atomic mass is 9.93. The van der Waals surface area contributed by atoms with Gasteiger partial charge >= 0.3 is 0 Å². The maximum atomic E-state index is 13.8. The molecule has 0 aliphatic carbocycles. The first-order chi connectivity index (χ1) is 13.0. The summed E-state index contributed by atoms with van der Waals surface area (Å²) in [5.41, 5.74) is 0.583. The summed E-state index contributed by atoms with van der Waals surface area (Å²) < 4.78 is 45.8. The normalized spacial score (nSPS) is 15.1. The Hall–Kier alpha value is -2.34. The lowest BCUT2D eigenvalue weighted by molar-refractivity contribution is 0.0634. The number of carbonyl (C=O) groups is 1. The molecule has 0 spiro atoms. The molecule has 1 aliphatic rings. The fourth-order valence-electron chi connectivity index (χ4n) is 3.32. The number of ether oxygens (including phenoxy) is 1. The van der Waals surface area contributed by atoms with Gasteiger partial charge in [0.05, 0.1) is 12.2 Å². The first-order valence-corrected chi connectivity index (χ1v) is 9.09. The third-order valence-electron chi connectivity index (χ3n) is 4.89. The van der Waals surface area contributed by atoms with Crippen LogP contribution in [0.3, 0.4) is 0 Å². The molecular weight excluding hydrogens is 355 g/mol. The number of likely N-dealkylation sites (tertiary alicyclic amines) is 1. The Morgan fingerprint density at radius 1 is 1.04 bits per heavy atom. The molecule has 2 aromatic rings. The minimum absolute atomic E-state index is 0.216. The molecule has 3 rings (SSSR count). The van der Waals surface area contributed by atoms with E-state index in [9.17, 15) is 18.0 Å². The third-order valence-corrected chi connectivity index (χ3v) is 4.89. The summed E-state index contributed by atoms with van der Waals surface area (Å²) in [4.78, 5) is 14.0. The van der Waals surface area contributed by atoms with E-state index >= 15 is 0 Å². The Labute approximate surface area is 156 Å². The summed E-state index contributed by atoms with van der Waals surface area (Å²) >= 11 is 0. The van der Waals surface area contributed by atoms with Gasteiger partial charge < -0.3 is 9.64 Å². The monoisotopic (exact) mass is 377 g/mol. The molecule has 3 nitrogen and oxygen atoms in total. The number of nitrogens with zero attached hydrogens (tertiary/aromatic N) is 1. The van der Waals surface area contributed by atoms with Crippen LogP contribution in [0.1, 0.15) is 35.2 Å². The maximum absolute atomic E-state index is 13.8. The summed E-state index contributed by atoms with van der Waals surface area (Å²) in [6, 6.07) is 9.25. The van der Waals surface area contributed by atoms with Gasteiger partial charge in [0.2, 0.25) is 0 Å². The molecule has 27 heavy (non-hydrogen) atoms. The van der Waals surface area contributed by atoms with Crippen LogP contribution in [0.25, 0.3) is 0 Å². The first kappa shape index (κ1) is 19.4. The number of halogens is 3. The Kier molecular flexibility index (Phi) is 6.50. The van der Waals surface area contributed by atoms with E-state index in [1.54, 1.807) is 11.0 Å². The van der Waals surface area contributed by atoms with E-state index < -0.39 is 17.5 Å². The predicted molar refractivity (Wildman–Crippen MR) is 95.7 cm³/mol. The van der Waals surface area contributed by atoms with Gasteiger partial charge in [-0.1, -0.05) is 12.1 Å². The van der Waals surface area contributed by atoms with Gasteiger partial charge in [0.25, 0.3) is 5.91 Å². The van der Waals surface area contributed by atoms with Gasteiger partial charge in [-0.25, -0.2) is 13.2 Å². The second-order valence-electron chi connectivity index (χ2n) is 6.83. The molecule has 0 unspecified atom stereocenters. The molecule has 1 amide bonds. The van der Waals surface area contributed by atoms with E-state index in [4.69, 9.17) is 4.74 Å². The van der Waals surface area contributed by atoms with Gasteiger partial charge in [0.1, 0.15) is 17.5 Å². The van der Waals surface area contributed by atoms with Crippen LogP contribution in [0.2, 0.25) is 0 Å². The molecule has 0 aromatic heterocycles. The highest BCUT2D eigenvalue weighted by Crippen LogP contribution is 2.23. The summed E-state index contributed by atoms with van der Waals surface area (Å²) in [5, 5.41) is 0. The minimum atomic E-state index is -0.700. The van der Waals surface area contributed by atoms with Gasteiger partial charge in [-0.2, -0.15) is 0 Å². The van der Waals surface area contributed by atoms with Gasteiger partial charge in [0.15, 0.2) is 0 Å². The van der Waals surface area contributed by atoms with Crippen molar-refractivity contribution >= 4 is 5.91 Å². The second-order valence-corrected chi connectivity index (χ2v) is 6.83. The van der Waals surface area contributed by atoms with Crippen LogP contribution in [0, 0.1) is 23.4 Å². The van der Waals surface area contributed by atoms with Crippen molar-refractivity contribution in [2.75, 3.05) is 19.7 Å². The van der Waals surface area contributed by atoms with Crippen molar-refractivity contribution in [3.8, 4) is 0 Å². The highest BCUT2D eigenvalue weighted by Gasteiger charge is 2.25. The van der Waals surface area contributed by atoms with Crippen molar-refractivity contribution in [2.45, 2.75) is 25.9 Å². The zero-order chi connectivity index (χ0) is 19.2. The minimum Gasteiger partial charge on any atom is -0.377 e. The highest BCUT2D eigenvalue weighted by molar-refractivity contribution is 5.94. The molecular formula is C21H22F3NO2. The summed E-state index contributed by atoms with van der Waals surface area (Å²) in [7, 11) is 0. The molecule has 6 heteroatoms. The van der Waals surface area contributed by atoms with Crippen LogP contribution in [0.15, 0.2) is 42.5 Å². The summed E-state index contributed by atoms with van der Waals surface area (Å²) in [6.07, 6.45) is 2.45. The quantitative estimate of drug-likeness (QED) is 0.691. The standard InChI is InChI=1S/C21H22F3NO2/c22-17-3-1-2-16(12-17)14-27-11-8-15-6-9-25(10-7-15)21(26)19-13-18(23)4-5-20(19)24/h1-5,12-13,15H,6-11,14H2. The zero-order valence-electron chi connectivity index (χ0n) is 15.0. The molecule has 144 valence electrons. The summed E-state index contributed by atoms with van der Waals surface area (Å²) in [6.45, 7) is 1.97. The molecule has 2 aromatic carbocycles. The van der Waals surface area contributed by atoms with Crippen LogP contribution in [-0.2, 0) is 11.3 Å². The Morgan fingerprint density at radius 2 is 1.78 bits per heavy atom. The smallest absolute Gasteiger partial charge is 0.256 e. The van der Waals surface area contributed by atoms with Crippen molar-refractivity contribution in [3.05, 3.63) is 71.0 Å². The van der Waals surface area contributed by atoms with Crippen LogP contribution in [-0.4, -0.2) is 30.5 Å². The number of hydrogen-bond acceptors (Lipinski definition) is 2. The van der Waals surface area contributed by atoms with Gasteiger partial charge in [-0.15, -0.1) is 0 Å². The number of piperidine rings is 1. The van der Waals surface area contributed by atoms with Gasteiger partial charge in [0, 0.05) is 19.7 Å². The van der Waals surface area contributed by atoms with Crippen LogP contribution in [0.5, 0.6) is 0 Å². The molecule has 0 atom stereocenters. The second kappa shape index (κ2) is 9.04. The molecule has 1 fully saturated rings. The number of hydrogen-bond donors (Lipinski definition) is 0. The Bertz CT molecular complexity index is 789. The maximum Gasteiger partial charge on any atom is 0.256 e. The number of amides is 1. The number of benzene rings is 2. The van der Waals surface area contributed by atoms with E-state index in [1.165, 1.54) is 12.1 Å². The highest BCUT2D eigenvalue weighted by atomic mass is 19.1. The SMILES string of the molecule is O=C(c1cc(F)ccc1F)N1CCC(CCOCc2cccc(F)c2)CC1.